The molecule has 1 heterocycles. The molecule has 124 valence electrons. The number of benzene rings is 1. The number of aromatic nitrogens is 2. The van der Waals surface area contributed by atoms with Crippen LogP contribution in [0.25, 0.3) is 5.69 Å². The number of aliphatic hydroxyl groups is 1. The van der Waals surface area contributed by atoms with E-state index in [4.69, 9.17) is 5.11 Å². The molecule has 6 heteroatoms. The van der Waals surface area contributed by atoms with Gasteiger partial charge in [0.1, 0.15) is 5.82 Å². The molecular weight excluding hydrogens is 292 g/mol. The Morgan fingerprint density at radius 1 is 1.30 bits per heavy atom. The van der Waals surface area contributed by atoms with Crippen molar-refractivity contribution in [3.63, 3.8) is 0 Å². The van der Waals surface area contributed by atoms with Crippen LogP contribution in [0.4, 0.5) is 10.6 Å². The molecule has 0 aliphatic carbocycles. The van der Waals surface area contributed by atoms with Crippen molar-refractivity contribution < 1.29 is 9.90 Å². The van der Waals surface area contributed by atoms with E-state index in [1.54, 1.807) is 4.68 Å². The number of hydrogen-bond acceptors (Lipinski definition) is 3. The number of carbonyl (C=O) groups excluding carboxylic acids is 1. The molecule has 0 atom stereocenters. The molecule has 0 saturated carbocycles. The minimum atomic E-state index is -0.366. The summed E-state index contributed by atoms with van der Waals surface area (Å²) in [6, 6.07) is 9.39. The highest BCUT2D eigenvalue weighted by atomic mass is 16.3. The van der Waals surface area contributed by atoms with Gasteiger partial charge < -0.3 is 10.4 Å². The van der Waals surface area contributed by atoms with Crippen molar-refractivity contribution in [3.05, 3.63) is 41.6 Å². The number of nitrogens with one attached hydrogen (secondary N) is 2. The third-order valence-corrected chi connectivity index (χ3v) is 3.46. The molecule has 0 saturated heterocycles. The van der Waals surface area contributed by atoms with E-state index in [1.165, 1.54) is 0 Å². The second kappa shape index (κ2) is 6.83. The molecule has 0 aliphatic heterocycles. The lowest BCUT2D eigenvalue weighted by atomic mass is 9.92. The van der Waals surface area contributed by atoms with Crippen molar-refractivity contribution in [2.75, 3.05) is 18.5 Å². The lowest BCUT2D eigenvalue weighted by Crippen LogP contribution is -2.31. The number of nitrogens with zero attached hydrogens (tertiary/aromatic N) is 2. The van der Waals surface area contributed by atoms with E-state index in [0.717, 1.165) is 16.9 Å². The van der Waals surface area contributed by atoms with Gasteiger partial charge in [-0.2, -0.15) is 5.10 Å². The zero-order valence-corrected chi connectivity index (χ0v) is 14.1. The summed E-state index contributed by atoms with van der Waals surface area (Å²) in [6.45, 7) is 8.34. The molecule has 0 aliphatic rings. The van der Waals surface area contributed by atoms with Gasteiger partial charge in [0.05, 0.1) is 18.0 Å². The zero-order valence-electron chi connectivity index (χ0n) is 14.1. The van der Waals surface area contributed by atoms with Gasteiger partial charge in [-0.15, -0.1) is 0 Å². The van der Waals surface area contributed by atoms with E-state index in [1.807, 2.05) is 37.3 Å². The molecule has 0 radical (unpaired) electrons. The van der Waals surface area contributed by atoms with E-state index in [-0.39, 0.29) is 24.6 Å². The largest absolute Gasteiger partial charge is 0.395 e. The predicted octanol–water partition coefficient (Wildman–Crippen LogP) is 2.59. The van der Waals surface area contributed by atoms with Crippen molar-refractivity contribution in [1.82, 2.24) is 15.1 Å². The van der Waals surface area contributed by atoms with Crippen LogP contribution in [0, 0.1) is 6.92 Å². The first-order valence-corrected chi connectivity index (χ1v) is 7.65. The number of para-hydroxylation sites is 1. The molecule has 3 N–H and O–H groups in total. The smallest absolute Gasteiger partial charge is 0.320 e. The van der Waals surface area contributed by atoms with Gasteiger partial charge in [-0.3, -0.25) is 5.32 Å². The first-order valence-electron chi connectivity index (χ1n) is 7.65. The summed E-state index contributed by atoms with van der Waals surface area (Å²) in [6.07, 6.45) is 0. The Morgan fingerprint density at radius 2 is 2.00 bits per heavy atom. The standard InChI is InChI=1S/C17H24N4O2/c1-12-7-5-6-8-13(12)21-15(19-16(23)18-9-10-22)11-14(20-21)17(2,3)4/h5-8,11,22H,9-10H2,1-4H3,(H2,18,19,23). The summed E-state index contributed by atoms with van der Waals surface area (Å²) >= 11 is 0. The van der Waals surface area contributed by atoms with Gasteiger partial charge in [-0.25, -0.2) is 9.48 Å². The maximum absolute atomic E-state index is 11.9. The molecule has 0 spiro atoms. The number of urea groups is 1. The van der Waals surface area contributed by atoms with Gasteiger partial charge in [0.15, 0.2) is 0 Å². The lowest BCUT2D eigenvalue weighted by Gasteiger charge is -2.14. The molecular formula is C17H24N4O2. The first-order chi connectivity index (χ1) is 10.8. The predicted molar refractivity (Wildman–Crippen MR) is 91.1 cm³/mol. The van der Waals surface area contributed by atoms with Crippen molar-refractivity contribution in [2.45, 2.75) is 33.1 Å². The Balaban J connectivity index is 2.41. The lowest BCUT2D eigenvalue weighted by molar-refractivity contribution is 0.244. The second-order valence-electron chi connectivity index (χ2n) is 6.47. The maximum Gasteiger partial charge on any atom is 0.320 e. The Hall–Kier alpha value is -2.34. The van der Waals surface area contributed by atoms with Crippen LogP contribution in [0.2, 0.25) is 0 Å². The number of aliphatic hydroxyl groups excluding tert-OH is 1. The zero-order chi connectivity index (χ0) is 17.0. The van der Waals surface area contributed by atoms with E-state index in [0.29, 0.717) is 5.82 Å². The molecule has 2 amide bonds. The molecule has 0 unspecified atom stereocenters. The number of rotatable bonds is 4. The highest BCUT2D eigenvalue weighted by Crippen LogP contribution is 2.27. The fourth-order valence-electron chi connectivity index (χ4n) is 2.15. The van der Waals surface area contributed by atoms with Crippen LogP contribution < -0.4 is 10.6 Å². The summed E-state index contributed by atoms with van der Waals surface area (Å²) in [5, 5.41) is 18.9. The van der Waals surface area contributed by atoms with Crippen molar-refractivity contribution in [3.8, 4) is 5.69 Å². The molecule has 2 aromatic rings. The minimum Gasteiger partial charge on any atom is -0.395 e. The van der Waals surface area contributed by atoms with Crippen LogP contribution in [0.15, 0.2) is 30.3 Å². The average Bonchev–Trinajstić information content (AvgIpc) is 2.89. The number of hydrogen-bond donors (Lipinski definition) is 3. The Kier molecular flexibility index (Phi) is 5.05. The maximum atomic E-state index is 11.9. The van der Waals surface area contributed by atoms with Crippen LogP contribution in [-0.2, 0) is 5.41 Å². The summed E-state index contributed by atoms with van der Waals surface area (Å²) in [7, 11) is 0. The summed E-state index contributed by atoms with van der Waals surface area (Å²) in [5.41, 5.74) is 2.74. The summed E-state index contributed by atoms with van der Waals surface area (Å²) in [4.78, 5) is 11.9. The number of anilines is 1. The minimum absolute atomic E-state index is 0.0995. The van der Waals surface area contributed by atoms with Crippen LogP contribution in [-0.4, -0.2) is 34.1 Å². The van der Waals surface area contributed by atoms with E-state index < -0.39 is 0 Å². The van der Waals surface area contributed by atoms with E-state index in [2.05, 4.69) is 36.5 Å². The third kappa shape index (κ3) is 4.10. The number of carbonyl (C=O) groups is 1. The van der Waals surface area contributed by atoms with Crippen molar-refractivity contribution >= 4 is 11.8 Å². The first kappa shape index (κ1) is 17.0. The molecule has 2 rings (SSSR count). The Bertz CT molecular complexity index is 686. The Labute approximate surface area is 136 Å². The van der Waals surface area contributed by atoms with Gasteiger partial charge in [0, 0.05) is 18.0 Å². The topological polar surface area (TPSA) is 79.2 Å². The van der Waals surface area contributed by atoms with E-state index >= 15 is 0 Å². The van der Waals surface area contributed by atoms with Gasteiger partial charge in [0.25, 0.3) is 0 Å². The Morgan fingerprint density at radius 3 is 2.61 bits per heavy atom. The number of amides is 2. The monoisotopic (exact) mass is 316 g/mol. The normalized spacial score (nSPS) is 11.3. The molecule has 1 aromatic carbocycles. The summed E-state index contributed by atoms with van der Waals surface area (Å²) in [5.74, 6) is 0.597. The average molecular weight is 316 g/mol. The molecule has 0 fully saturated rings. The van der Waals surface area contributed by atoms with Crippen molar-refractivity contribution in [1.29, 1.82) is 0 Å². The van der Waals surface area contributed by atoms with Crippen molar-refractivity contribution in [2.24, 2.45) is 0 Å². The fraction of sp³-hybridized carbons (Fsp3) is 0.412. The number of aryl methyl sites for hydroxylation is 1. The molecule has 23 heavy (non-hydrogen) atoms. The quantitative estimate of drug-likeness (QED) is 0.811. The third-order valence-electron chi connectivity index (χ3n) is 3.46. The highest BCUT2D eigenvalue weighted by Gasteiger charge is 2.21. The second-order valence-corrected chi connectivity index (χ2v) is 6.47. The highest BCUT2D eigenvalue weighted by molar-refractivity contribution is 5.88. The fourth-order valence-corrected chi connectivity index (χ4v) is 2.15. The van der Waals surface area contributed by atoms with Crippen LogP contribution in [0.3, 0.4) is 0 Å². The van der Waals surface area contributed by atoms with Gasteiger partial charge in [-0.05, 0) is 18.6 Å². The van der Waals surface area contributed by atoms with Crippen LogP contribution >= 0.6 is 0 Å². The van der Waals surface area contributed by atoms with Gasteiger partial charge >= 0.3 is 6.03 Å². The molecule has 0 bridgehead atoms. The van der Waals surface area contributed by atoms with E-state index in [9.17, 15) is 4.79 Å². The van der Waals surface area contributed by atoms with Gasteiger partial charge in [-0.1, -0.05) is 39.0 Å². The SMILES string of the molecule is Cc1ccccc1-n1nc(C(C)(C)C)cc1NC(=O)NCCO. The van der Waals surface area contributed by atoms with Crippen LogP contribution in [0.5, 0.6) is 0 Å². The van der Waals surface area contributed by atoms with Crippen LogP contribution in [0.1, 0.15) is 32.0 Å². The molecule has 1 aromatic heterocycles. The molecule has 6 nitrogen and oxygen atoms in total. The van der Waals surface area contributed by atoms with Gasteiger partial charge in [0.2, 0.25) is 0 Å². The summed E-state index contributed by atoms with van der Waals surface area (Å²) < 4.78 is 1.74.